The highest BCUT2D eigenvalue weighted by Crippen LogP contribution is 2.18. The number of likely N-dealkylation sites (tertiary alicyclic amines) is 1. The van der Waals surface area contributed by atoms with Crippen molar-refractivity contribution in [3.8, 4) is 0 Å². The topological polar surface area (TPSA) is 84.4 Å². The number of carboxylic acids is 1. The van der Waals surface area contributed by atoms with Gasteiger partial charge in [0, 0.05) is 19.6 Å². The van der Waals surface area contributed by atoms with E-state index in [1.165, 1.54) is 6.20 Å². The van der Waals surface area contributed by atoms with Gasteiger partial charge in [-0.05, 0) is 43.5 Å². The van der Waals surface area contributed by atoms with E-state index in [0.29, 0.717) is 12.5 Å². The van der Waals surface area contributed by atoms with Crippen LogP contribution in [0.3, 0.4) is 0 Å². The number of nitrogens with zero attached hydrogens (tertiary/aromatic N) is 4. The lowest BCUT2D eigenvalue weighted by Gasteiger charge is -2.31. The van der Waals surface area contributed by atoms with E-state index >= 15 is 0 Å². The zero-order valence-corrected chi connectivity index (χ0v) is 12.8. The predicted molar refractivity (Wildman–Crippen MR) is 83.9 cm³/mol. The van der Waals surface area contributed by atoms with Gasteiger partial charge in [-0.2, -0.15) is 0 Å². The molecule has 0 aliphatic carbocycles. The van der Waals surface area contributed by atoms with Crippen molar-refractivity contribution in [2.45, 2.75) is 19.4 Å². The molecule has 2 aromatic rings. The molecule has 2 aromatic heterocycles. The van der Waals surface area contributed by atoms with Crippen LogP contribution in [0.1, 0.15) is 29.1 Å². The van der Waals surface area contributed by atoms with Crippen LogP contribution in [0.25, 0.3) is 6.08 Å². The zero-order chi connectivity index (χ0) is 16.1. The number of aromatic carboxylic acids is 1. The molecule has 1 aliphatic heterocycles. The quantitative estimate of drug-likeness (QED) is 0.877. The summed E-state index contributed by atoms with van der Waals surface area (Å²) in [6, 6.07) is 3.81. The van der Waals surface area contributed by atoms with Crippen LogP contribution in [-0.4, -0.2) is 50.6 Å². The third-order valence-corrected chi connectivity index (χ3v) is 4.00. The second-order valence-electron chi connectivity index (χ2n) is 5.82. The lowest BCUT2D eigenvalue weighted by molar-refractivity contribution is 0.0690. The molecule has 0 aromatic carbocycles. The number of rotatable bonds is 6. The summed E-state index contributed by atoms with van der Waals surface area (Å²) in [5, 5.41) is 16.4. The molecule has 1 unspecified atom stereocenters. The van der Waals surface area contributed by atoms with Crippen LogP contribution in [0.2, 0.25) is 0 Å². The van der Waals surface area contributed by atoms with Crippen LogP contribution in [0.5, 0.6) is 0 Å². The van der Waals surface area contributed by atoms with Crippen LogP contribution in [0.15, 0.2) is 35.1 Å². The zero-order valence-electron chi connectivity index (χ0n) is 12.8. The van der Waals surface area contributed by atoms with Gasteiger partial charge < -0.3 is 9.52 Å². The van der Waals surface area contributed by atoms with Gasteiger partial charge in [0.1, 0.15) is 5.76 Å². The second kappa shape index (κ2) is 7.23. The van der Waals surface area contributed by atoms with Gasteiger partial charge in [-0.15, -0.1) is 5.10 Å². The van der Waals surface area contributed by atoms with Crippen molar-refractivity contribution in [3.63, 3.8) is 0 Å². The Morgan fingerprint density at radius 2 is 2.43 bits per heavy atom. The maximum atomic E-state index is 10.8. The molecule has 122 valence electrons. The van der Waals surface area contributed by atoms with Crippen molar-refractivity contribution in [1.82, 2.24) is 19.9 Å². The number of aromatic nitrogens is 3. The van der Waals surface area contributed by atoms with E-state index in [0.717, 1.165) is 38.2 Å². The molecular formula is C16H20N4O3. The molecule has 1 N–H and O–H groups in total. The number of carboxylic acid groups (broad SMARTS) is 1. The average molecular weight is 316 g/mol. The first kappa shape index (κ1) is 15.5. The van der Waals surface area contributed by atoms with Gasteiger partial charge >= 0.3 is 5.97 Å². The summed E-state index contributed by atoms with van der Waals surface area (Å²) in [7, 11) is 0. The first-order chi connectivity index (χ1) is 11.2. The second-order valence-corrected chi connectivity index (χ2v) is 5.82. The number of hydrogen-bond donors (Lipinski definition) is 1. The summed E-state index contributed by atoms with van der Waals surface area (Å²) in [5.41, 5.74) is -0.000883. The maximum Gasteiger partial charge on any atom is 0.358 e. The van der Waals surface area contributed by atoms with E-state index in [1.54, 1.807) is 10.9 Å². The molecule has 0 radical (unpaired) electrons. The highest BCUT2D eigenvalue weighted by Gasteiger charge is 2.20. The Kier molecular flexibility index (Phi) is 4.87. The first-order valence-corrected chi connectivity index (χ1v) is 7.76. The summed E-state index contributed by atoms with van der Waals surface area (Å²) in [4.78, 5) is 13.2. The molecule has 23 heavy (non-hydrogen) atoms. The Labute approximate surface area is 134 Å². The number of carbonyl (C=O) groups is 1. The molecule has 3 rings (SSSR count). The third kappa shape index (κ3) is 4.29. The molecule has 1 saturated heterocycles. The predicted octanol–water partition coefficient (Wildman–Crippen LogP) is 1.99. The summed E-state index contributed by atoms with van der Waals surface area (Å²) in [5.74, 6) is 0.288. The number of hydrogen-bond acceptors (Lipinski definition) is 5. The minimum absolute atomic E-state index is 0.000883. The highest BCUT2D eigenvalue weighted by atomic mass is 16.4. The van der Waals surface area contributed by atoms with Crippen molar-refractivity contribution < 1.29 is 14.3 Å². The van der Waals surface area contributed by atoms with Crippen molar-refractivity contribution in [2.75, 3.05) is 19.6 Å². The molecule has 1 fully saturated rings. The Hall–Kier alpha value is -2.41. The van der Waals surface area contributed by atoms with Gasteiger partial charge in [0.05, 0.1) is 12.5 Å². The Balaban J connectivity index is 1.50. The molecule has 7 nitrogen and oxygen atoms in total. The largest absolute Gasteiger partial charge is 0.476 e. The standard InChI is InChI=1S/C16H20N4O3/c21-16(22)15-12-20(18-17-15)11-13-4-1-7-19(10-13)8-2-5-14-6-3-9-23-14/h2-3,5-6,9,12-13H,1,4,7-8,10-11H2,(H,21,22)/b5-2+. The van der Waals surface area contributed by atoms with Gasteiger partial charge in [-0.25, -0.2) is 4.79 Å². The summed E-state index contributed by atoms with van der Waals surface area (Å²) < 4.78 is 6.91. The van der Waals surface area contributed by atoms with Crippen LogP contribution < -0.4 is 0 Å². The molecule has 7 heteroatoms. The van der Waals surface area contributed by atoms with Crippen LogP contribution in [0.4, 0.5) is 0 Å². The average Bonchev–Trinajstić information content (AvgIpc) is 3.19. The third-order valence-electron chi connectivity index (χ3n) is 4.00. The summed E-state index contributed by atoms with van der Waals surface area (Å²) in [6.07, 6.45) is 9.53. The van der Waals surface area contributed by atoms with E-state index in [9.17, 15) is 4.79 Å². The highest BCUT2D eigenvalue weighted by molar-refractivity contribution is 5.84. The van der Waals surface area contributed by atoms with Crippen molar-refractivity contribution in [2.24, 2.45) is 5.92 Å². The fraction of sp³-hybridized carbons (Fsp3) is 0.438. The van der Waals surface area contributed by atoms with E-state index in [1.807, 2.05) is 18.2 Å². The van der Waals surface area contributed by atoms with E-state index in [4.69, 9.17) is 9.52 Å². The van der Waals surface area contributed by atoms with Gasteiger partial charge in [-0.3, -0.25) is 9.58 Å². The fourth-order valence-corrected chi connectivity index (χ4v) is 2.92. The van der Waals surface area contributed by atoms with E-state index in [2.05, 4.69) is 21.3 Å². The minimum atomic E-state index is -1.04. The SMILES string of the molecule is O=C(O)c1cn(CC2CCCN(C/C=C/c3ccco3)C2)nn1. The van der Waals surface area contributed by atoms with Crippen molar-refractivity contribution >= 4 is 12.0 Å². The van der Waals surface area contributed by atoms with Gasteiger partial charge in [-0.1, -0.05) is 11.3 Å². The molecule has 3 heterocycles. The van der Waals surface area contributed by atoms with Gasteiger partial charge in [0.25, 0.3) is 0 Å². The molecule has 0 bridgehead atoms. The van der Waals surface area contributed by atoms with Gasteiger partial charge in [0.15, 0.2) is 5.69 Å². The normalized spacial score (nSPS) is 19.4. The van der Waals surface area contributed by atoms with Crippen LogP contribution >= 0.6 is 0 Å². The van der Waals surface area contributed by atoms with Crippen molar-refractivity contribution in [3.05, 3.63) is 42.1 Å². The number of furan rings is 1. The van der Waals surface area contributed by atoms with Crippen LogP contribution in [0, 0.1) is 5.92 Å². The first-order valence-electron chi connectivity index (χ1n) is 7.76. The summed E-state index contributed by atoms with van der Waals surface area (Å²) >= 11 is 0. The molecule has 1 atom stereocenters. The monoisotopic (exact) mass is 316 g/mol. The number of piperidine rings is 1. The Morgan fingerprint density at radius 3 is 3.17 bits per heavy atom. The molecule has 0 saturated carbocycles. The minimum Gasteiger partial charge on any atom is -0.476 e. The van der Waals surface area contributed by atoms with E-state index < -0.39 is 5.97 Å². The smallest absolute Gasteiger partial charge is 0.358 e. The Bertz CT molecular complexity index is 663. The van der Waals surface area contributed by atoms with Gasteiger partial charge in [0.2, 0.25) is 0 Å². The van der Waals surface area contributed by atoms with E-state index in [-0.39, 0.29) is 5.69 Å². The fourth-order valence-electron chi connectivity index (χ4n) is 2.92. The van der Waals surface area contributed by atoms with Crippen LogP contribution in [-0.2, 0) is 6.54 Å². The lowest BCUT2D eigenvalue weighted by Crippen LogP contribution is -2.37. The Morgan fingerprint density at radius 1 is 1.52 bits per heavy atom. The summed E-state index contributed by atoms with van der Waals surface area (Å²) in [6.45, 7) is 3.65. The molecular weight excluding hydrogens is 296 g/mol. The molecule has 0 spiro atoms. The lowest BCUT2D eigenvalue weighted by atomic mass is 9.98. The maximum absolute atomic E-state index is 10.8. The molecule has 1 aliphatic rings. The molecule has 0 amide bonds. The van der Waals surface area contributed by atoms with Crippen molar-refractivity contribution in [1.29, 1.82) is 0 Å².